The first-order valence-corrected chi connectivity index (χ1v) is 9.60. The molecule has 0 unspecified atom stereocenters. The number of aromatic amines is 2. The van der Waals surface area contributed by atoms with Gasteiger partial charge in [-0.2, -0.15) is 5.10 Å². The van der Waals surface area contributed by atoms with Gasteiger partial charge >= 0.3 is 6.09 Å². The largest absolute Gasteiger partial charge is 0.465 e. The van der Waals surface area contributed by atoms with Gasteiger partial charge in [-0.25, -0.2) is 9.78 Å². The Morgan fingerprint density at radius 2 is 2.03 bits per heavy atom. The minimum Gasteiger partial charge on any atom is -0.465 e. The van der Waals surface area contributed by atoms with Gasteiger partial charge in [0.25, 0.3) is 0 Å². The Bertz CT molecular complexity index is 1190. The van der Waals surface area contributed by atoms with Crippen LogP contribution in [0.4, 0.5) is 10.5 Å². The number of nitrogens with zero attached hydrogens (tertiary/aromatic N) is 4. The van der Waals surface area contributed by atoms with Crippen molar-refractivity contribution in [2.45, 2.75) is 52.2 Å². The normalized spacial score (nSPS) is 17.5. The van der Waals surface area contributed by atoms with E-state index in [1.54, 1.807) is 0 Å². The minimum atomic E-state index is -0.956. The molecule has 0 bridgehead atoms. The monoisotopic (exact) mass is 394 g/mol. The highest BCUT2D eigenvalue weighted by molar-refractivity contribution is 6.09. The van der Waals surface area contributed by atoms with Gasteiger partial charge in [0.1, 0.15) is 5.69 Å². The standard InChI is InChI=1S/C20H22N6O3/c1-9(2)26-15-6-13-12(5-11(15)20(3,4)18(26)27)21-17(22-13)16-10-7-25(19(28)29)8-14(10)23-24-16/h5-6,9H,7-8H2,1-4H3,(H,21,22)(H,23,24)(H,28,29). The Morgan fingerprint density at radius 3 is 2.72 bits per heavy atom. The number of amides is 2. The summed E-state index contributed by atoms with van der Waals surface area (Å²) in [5, 5.41) is 16.5. The van der Waals surface area contributed by atoms with Crippen LogP contribution in [-0.2, 0) is 23.3 Å². The molecule has 2 amide bonds. The fourth-order valence-corrected chi connectivity index (χ4v) is 4.37. The summed E-state index contributed by atoms with van der Waals surface area (Å²) in [5.41, 5.74) is 5.11. The lowest BCUT2D eigenvalue weighted by atomic mass is 9.86. The van der Waals surface area contributed by atoms with Crippen LogP contribution in [0.25, 0.3) is 22.6 Å². The first-order valence-electron chi connectivity index (χ1n) is 9.60. The van der Waals surface area contributed by atoms with E-state index in [0.29, 0.717) is 18.1 Å². The molecule has 9 nitrogen and oxygen atoms in total. The van der Waals surface area contributed by atoms with E-state index in [-0.39, 0.29) is 18.5 Å². The van der Waals surface area contributed by atoms with Crippen LogP contribution in [0, 0.1) is 0 Å². The Morgan fingerprint density at radius 1 is 1.28 bits per heavy atom. The molecule has 150 valence electrons. The summed E-state index contributed by atoms with van der Waals surface area (Å²) in [6.45, 7) is 8.48. The quantitative estimate of drug-likeness (QED) is 0.617. The minimum absolute atomic E-state index is 0.0551. The number of anilines is 1. The maximum Gasteiger partial charge on any atom is 0.407 e. The summed E-state index contributed by atoms with van der Waals surface area (Å²) in [4.78, 5) is 35.4. The third-order valence-corrected chi connectivity index (χ3v) is 5.95. The molecule has 2 aliphatic heterocycles. The maximum absolute atomic E-state index is 12.9. The highest BCUT2D eigenvalue weighted by Crippen LogP contribution is 2.44. The van der Waals surface area contributed by atoms with Crippen molar-refractivity contribution in [1.82, 2.24) is 25.1 Å². The lowest BCUT2D eigenvalue weighted by Crippen LogP contribution is -2.40. The van der Waals surface area contributed by atoms with Crippen LogP contribution in [0.1, 0.15) is 44.5 Å². The molecule has 0 fully saturated rings. The molecular weight excluding hydrogens is 372 g/mol. The maximum atomic E-state index is 12.9. The fourth-order valence-electron chi connectivity index (χ4n) is 4.37. The van der Waals surface area contributed by atoms with Crippen molar-refractivity contribution in [2.75, 3.05) is 4.90 Å². The van der Waals surface area contributed by atoms with E-state index in [0.717, 1.165) is 33.5 Å². The molecule has 2 aliphatic rings. The van der Waals surface area contributed by atoms with Crippen LogP contribution in [0.15, 0.2) is 12.1 Å². The number of rotatable bonds is 2. The molecule has 0 saturated carbocycles. The second-order valence-corrected chi connectivity index (χ2v) is 8.53. The van der Waals surface area contributed by atoms with Gasteiger partial charge in [0.15, 0.2) is 5.82 Å². The molecule has 0 spiro atoms. The second kappa shape index (κ2) is 5.59. The summed E-state index contributed by atoms with van der Waals surface area (Å²) >= 11 is 0. The van der Waals surface area contributed by atoms with Crippen LogP contribution in [0.2, 0.25) is 0 Å². The first-order chi connectivity index (χ1) is 13.7. The predicted molar refractivity (Wildman–Crippen MR) is 107 cm³/mol. The lowest BCUT2D eigenvalue weighted by Gasteiger charge is -2.24. The number of carbonyl (C=O) groups is 2. The predicted octanol–water partition coefficient (Wildman–Crippen LogP) is 2.98. The zero-order valence-corrected chi connectivity index (χ0v) is 16.7. The number of carboxylic acid groups (broad SMARTS) is 1. The first kappa shape index (κ1) is 17.7. The fraction of sp³-hybridized carbons (Fsp3) is 0.400. The van der Waals surface area contributed by atoms with E-state index in [2.05, 4.69) is 15.2 Å². The number of fused-ring (bicyclic) bond motifs is 3. The number of imidazole rings is 1. The highest BCUT2D eigenvalue weighted by atomic mass is 16.4. The summed E-state index contributed by atoms with van der Waals surface area (Å²) < 4.78 is 0. The number of nitrogens with one attached hydrogen (secondary N) is 2. The molecule has 1 aromatic carbocycles. The second-order valence-electron chi connectivity index (χ2n) is 8.53. The zero-order valence-electron chi connectivity index (χ0n) is 16.7. The lowest BCUT2D eigenvalue weighted by molar-refractivity contribution is -0.122. The van der Waals surface area contributed by atoms with Gasteiger partial charge in [0.05, 0.1) is 40.9 Å². The van der Waals surface area contributed by atoms with Crippen LogP contribution in [0.3, 0.4) is 0 Å². The molecule has 0 atom stereocenters. The van der Waals surface area contributed by atoms with Crippen LogP contribution >= 0.6 is 0 Å². The number of hydrogen-bond acceptors (Lipinski definition) is 4. The molecule has 2 aromatic heterocycles. The van der Waals surface area contributed by atoms with Crippen molar-refractivity contribution >= 4 is 28.7 Å². The summed E-state index contributed by atoms with van der Waals surface area (Å²) in [6, 6.07) is 4.01. The summed E-state index contributed by atoms with van der Waals surface area (Å²) in [7, 11) is 0. The van der Waals surface area contributed by atoms with Crippen LogP contribution in [0.5, 0.6) is 0 Å². The molecule has 5 rings (SSSR count). The van der Waals surface area contributed by atoms with Gasteiger partial charge < -0.3 is 15.0 Å². The average Bonchev–Trinajstić information content (AvgIpc) is 3.35. The van der Waals surface area contributed by atoms with Crippen molar-refractivity contribution in [3.63, 3.8) is 0 Å². The Balaban J connectivity index is 1.61. The molecular formula is C20H22N6O3. The number of H-pyrrole nitrogens is 2. The van der Waals surface area contributed by atoms with Crippen molar-refractivity contribution in [3.05, 3.63) is 29.0 Å². The van der Waals surface area contributed by atoms with Gasteiger partial charge in [-0.3, -0.25) is 14.8 Å². The Kier molecular flexibility index (Phi) is 3.41. The van der Waals surface area contributed by atoms with Crippen molar-refractivity contribution in [1.29, 1.82) is 0 Å². The topological polar surface area (TPSA) is 118 Å². The van der Waals surface area contributed by atoms with E-state index in [1.807, 2.05) is 44.7 Å². The van der Waals surface area contributed by atoms with Crippen molar-refractivity contribution in [2.24, 2.45) is 0 Å². The molecule has 0 saturated heterocycles. The average molecular weight is 394 g/mol. The number of hydrogen-bond donors (Lipinski definition) is 3. The third kappa shape index (κ3) is 2.33. The van der Waals surface area contributed by atoms with Gasteiger partial charge in [-0.15, -0.1) is 0 Å². The smallest absolute Gasteiger partial charge is 0.407 e. The van der Waals surface area contributed by atoms with Gasteiger partial charge in [-0.05, 0) is 45.4 Å². The molecule has 9 heteroatoms. The van der Waals surface area contributed by atoms with Crippen molar-refractivity contribution < 1.29 is 14.7 Å². The van der Waals surface area contributed by atoms with E-state index in [9.17, 15) is 14.7 Å². The van der Waals surface area contributed by atoms with Gasteiger partial charge in [0, 0.05) is 11.6 Å². The SMILES string of the molecule is CC(C)N1C(=O)C(C)(C)c2cc3nc(-c4n[nH]c5c4CN(C(=O)O)C5)[nH]c3cc21. The highest BCUT2D eigenvalue weighted by Gasteiger charge is 2.45. The number of aromatic nitrogens is 4. The Hall–Kier alpha value is -3.36. The molecule has 3 aromatic rings. The number of benzene rings is 1. The molecule has 3 N–H and O–H groups in total. The Labute approximate surface area is 166 Å². The van der Waals surface area contributed by atoms with E-state index in [4.69, 9.17) is 4.98 Å². The van der Waals surface area contributed by atoms with Gasteiger partial charge in [-0.1, -0.05) is 0 Å². The van der Waals surface area contributed by atoms with E-state index >= 15 is 0 Å². The van der Waals surface area contributed by atoms with Crippen molar-refractivity contribution in [3.8, 4) is 11.5 Å². The number of carbonyl (C=O) groups excluding carboxylic acids is 1. The van der Waals surface area contributed by atoms with E-state index in [1.165, 1.54) is 4.90 Å². The summed E-state index contributed by atoms with van der Waals surface area (Å²) in [5.74, 6) is 0.683. The van der Waals surface area contributed by atoms with Crippen LogP contribution in [-0.4, -0.2) is 48.2 Å². The third-order valence-electron chi connectivity index (χ3n) is 5.95. The van der Waals surface area contributed by atoms with E-state index < -0.39 is 11.5 Å². The molecule has 29 heavy (non-hydrogen) atoms. The molecule has 0 aliphatic carbocycles. The molecule has 4 heterocycles. The van der Waals surface area contributed by atoms with Gasteiger partial charge in [0.2, 0.25) is 5.91 Å². The zero-order chi connectivity index (χ0) is 20.7. The summed E-state index contributed by atoms with van der Waals surface area (Å²) in [6.07, 6.45) is -0.956. The van der Waals surface area contributed by atoms with Crippen LogP contribution < -0.4 is 4.90 Å². The molecule has 0 radical (unpaired) electrons.